The molecule has 1 N–H and O–H groups in total. The van der Waals surface area contributed by atoms with E-state index >= 15 is 0 Å². The molecule has 5 rings (SSSR count). The molecule has 8 heteroatoms. The van der Waals surface area contributed by atoms with E-state index in [0.29, 0.717) is 34.9 Å². The van der Waals surface area contributed by atoms with Gasteiger partial charge < -0.3 is 24.1 Å². The van der Waals surface area contributed by atoms with E-state index in [9.17, 15) is 14.7 Å². The smallest absolute Gasteiger partial charge is 0.346 e. The van der Waals surface area contributed by atoms with Crippen LogP contribution in [0.25, 0.3) is 0 Å². The lowest BCUT2D eigenvalue weighted by Gasteiger charge is -2.30. The standard InChI is InChI=1S/C31H37ClO7/c1-15(2)13-22(33)20-11-12-23-24(26(20)36-6)29(34)37-17(4)21-14-16(3)25(32)28(27(21)38-23)39-30(35)31(5)18-7-8-19(31)10-9-18/h11-12,14-15,17-19,22,33H,7-10,13H2,1-6H3/t17?,18?,19?,22-,31?/m0/s1. The fraction of sp³-hybridized carbons (Fsp3) is 0.548. The second-order valence-electron chi connectivity index (χ2n) is 11.8. The van der Waals surface area contributed by atoms with Gasteiger partial charge in [-0.15, -0.1) is 0 Å². The maximum absolute atomic E-state index is 13.7. The van der Waals surface area contributed by atoms with Crippen LogP contribution in [0.5, 0.6) is 23.0 Å². The molecule has 3 aliphatic rings. The van der Waals surface area contributed by atoms with Crippen LogP contribution in [-0.2, 0) is 9.53 Å². The molecule has 0 spiro atoms. The molecule has 1 heterocycles. The summed E-state index contributed by atoms with van der Waals surface area (Å²) in [4.78, 5) is 27.1. The normalized spacial score (nSPS) is 26.2. The Bertz CT molecular complexity index is 1300. The van der Waals surface area contributed by atoms with Crippen molar-refractivity contribution in [2.45, 2.75) is 78.9 Å². The molecule has 2 aromatic rings. The van der Waals surface area contributed by atoms with E-state index in [1.54, 1.807) is 25.1 Å². The molecule has 0 saturated heterocycles. The Morgan fingerprint density at radius 2 is 1.82 bits per heavy atom. The second-order valence-corrected chi connectivity index (χ2v) is 12.2. The summed E-state index contributed by atoms with van der Waals surface area (Å²) in [6.45, 7) is 9.56. The maximum atomic E-state index is 13.7. The minimum atomic E-state index is -0.843. The Balaban J connectivity index is 1.61. The number of methoxy groups -OCH3 is 1. The molecular weight excluding hydrogens is 520 g/mol. The van der Waals surface area contributed by atoms with Crippen LogP contribution in [0.15, 0.2) is 18.2 Å². The third kappa shape index (κ3) is 4.57. The predicted octanol–water partition coefficient (Wildman–Crippen LogP) is 7.49. The molecule has 210 valence electrons. The van der Waals surface area contributed by atoms with Crippen molar-refractivity contribution in [2.75, 3.05) is 7.11 Å². The Labute approximate surface area is 234 Å². The number of rotatable bonds is 6. The fourth-order valence-corrected chi connectivity index (χ4v) is 6.92. The van der Waals surface area contributed by atoms with Crippen molar-refractivity contribution in [3.63, 3.8) is 0 Å². The third-order valence-corrected chi connectivity index (χ3v) is 9.46. The molecule has 2 aliphatic carbocycles. The maximum Gasteiger partial charge on any atom is 0.346 e. The highest BCUT2D eigenvalue weighted by Gasteiger charge is 2.57. The van der Waals surface area contributed by atoms with Crippen molar-refractivity contribution in [2.24, 2.45) is 23.2 Å². The number of esters is 2. The number of aliphatic hydroxyl groups excluding tert-OH is 1. The van der Waals surface area contributed by atoms with Crippen LogP contribution in [0.2, 0.25) is 5.02 Å². The predicted molar refractivity (Wildman–Crippen MR) is 147 cm³/mol. The van der Waals surface area contributed by atoms with Gasteiger partial charge in [-0.1, -0.05) is 25.4 Å². The Morgan fingerprint density at radius 1 is 1.18 bits per heavy atom. The summed E-state index contributed by atoms with van der Waals surface area (Å²) >= 11 is 6.76. The van der Waals surface area contributed by atoms with Crippen molar-refractivity contribution >= 4 is 23.5 Å². The molecule has 2 atom stereocenters. The number of halogens is 1. The third-order valence-electron chi connectivity index (χ3n) is 8.99. The molecule has 2 fully saturated rings. The molecule has 2 aromatic carbocycles. The molecular formula is C31H37ClO7. The number of aliphatic hydroxyl groups is 1. The molecule has 0 radical (unpaired) electrons. The molecule has 2 bridgehead atoms. The molecule has 0 amide bonds. The Kier molecular flexibility index (Phi) is 7.36. The number of carbonyl (C=O) groups is 2. The monoisotopic (exact) mass is 556 g/mol. The zero-order chi connectivity index (χ0) is 28.2. The van der Waals surface area contributed by atoms with Gasteiger partial charge in [0.1, 0.15) is 23.2 Å². The molecule has 0 aromatic heterocycles. The summed E-state index contributed by atoms with van der Waals surface area (Å²) in [6.07, 6.45) is 3.01. The summed E-state index contributed by atoms with van der Waals surface area (Å²) in [5.41, 5.74) is 1.18. The lowest BCUT2D eigenvalue weighted by Crippen LogP contribution is -2.36. The molecule has 2 saturated carbocycles. The minimum absolute atomic E-state index is 0.0603. The minimum Gasteiger partial charge on any atom is -0.495 e. The Hall–Kier alpha value is -2.77. The number of aryl methyl sites for hydroxylation is 1. The average Bonchev–Trinajstić information content (AvgIpc) is 3.39. The van der Waals surface area contributed by atoms with Gasteiger partial charge in [0, 0.05) is 11.1 Å². The zero-order valence-corrected chi connectivity index (χ0v) is 24.2. The van der Waals surface area contributed by atoms with Crippen LogP contribution in [0.4, 0.5) is 0 Å². The van der Waals surface area contributed by atoms with Gasteiger partial charge in [0.2, 0.25) is 0 Å². The fourth-order valence-electron chi connectivity index (χ4n) is 6.74. The summed E-state index contributed by atoms with van der Waals surface area (Å²) in [7, 11) is 1.44. The first-order valence-corrected chi connectivity index (χ1v) is 14.2. The van der Waals surface area contributed by atoms with Crippen molar-refractivity contribution in [1.82, 2.24) is 0 Å². The van der Waals surface area contributed by atoms with Gasteiger partial charge in [-0.05, 0) is 94.4 Å². The van der Waals surface area contributed by atoms with Crippen LogP contribution in [0.1, 0.15) is 99.1 Å². The van der Waals surface area contributed by atoms with Crippen LogP contribution >= 0.6 is 11.6 Å². The highest BCUT2D eigenvalue weighted by Crippen LogP contribution is 2.59. The van der Waals surface area contributed by atoms with Crippen molar-refractivity contribution in [1.29, 1.82) is 0 Å². The second kappa shape index (κ2) is 10.3. The van der Waals surface area contributed by atoms with Gasteiger partial charge in [-0.3, -0.25) is 4.79 Å². The quantitative estimate of drug-likeness (QED) is 0.291. The van der Waals surface area contributed by atoms with E-state index in [-0.39, 0.29) is 45.5 Å². The molecule has 7 nitrogen and oxygen atoms in total. The van der Waals surface area contributed by atoms with E-state index in [1.807, 2.05) is 27.7 Å². The van der Waals surface area contributed by atoms with Gasteiger partial charge in [0.05, 0.1) is 23.7 Å². The van der Waals surface area contributed by atoms with Gasteiger partial charge in [-0.25, -0.2) is 4.79 Å². The summed E-state index contributed by atoms with van der Waals surface area (Å²) in [6, 6.07) is 5.08. The van der Waals surface area contributed by atoms with Crippen molar-refractivity contribution in [3.05, 3.63) is 45.5 Å². The van der Waals surface area contributed by atoms with Gasteiger partial charge in [0.15, 0.2) is 11.5 Å². The van der Waals surface area contributed by atoms with Gasteiger partial charge in [0.25, 0.3) is 0 Å². The summed E-state index contributed by atoms with van der Waals surface area (Å²) in [5, 5.41) is 11.1. The molecule has 39 heavy (non-hydrogen) atoms. The van der Waals surface area contributed by atoms with Crippen LogP contribution in [-0.4, -0.2) is 24.2 Å². The van der Waals surface area contributed by atoms with E-state index in [4.69, 9.17) is 30.5 Å². The number of carbonyl (C=O) groups excluding carboxylic acids is 2. The average molecular weight is 557 g/mol. The SMILES string of the molecule is COc1c([C@@H](O)CC(C)C)ccc2c1C(=O)OC(C)c1cc(C)c(Cl)c(OC(=O)C3(C)C4CCC3CC4)c1O2. The highest BCUT2D eigenvalue weighted by molar-refractivity contribution is 6.33. The van der Waals surface area contributed by atoms with Gasteiger partial charge in [-0.2, -0.15) is 0 Å². The van der Waals surface area contributed by atoms with Crippen molar-refractivity contribution in [3.8, 4) is 23.0 Å². The van der Waals surface area contributed by atoms with E-state index in [0.717, 1.165) is 25.7 Å². The number of benzene rings is 2. The highest BCUT2D eigenvalue weighted by atomic mass is 35.5. The van der Waals surface area contributed by atoms with Crippen LogP contribution < -0.4 is 14.2 Å². The summed E-state index contributed by atoms with van der Waals surface area (Å²) < 4.78 is 24.0. The first-order chi connectivity index (χ1) is 18.5. The molecule has 1 unspecified atom stereocenters. The Morgan fingerprint density at radius 3 is 2.41 bits per heavy atom. The largest absolute Gasteiger partial charge is 0.495 e. The van der Waals surface area contributed by atoms with E-state index in [1.165, 1.54) is 7.11 Å². The van der Waals surface area contributed by atoms with Crippen LogP contribution in [0, 0.1) is 30.1 Å². The first-order valence-electron chi connectivity index (χ1n) is 13.8. The molecule has 1 aliphatic heterocycles. The van der Waals surface area contributed by atoms with Crippen LogP contribution in [0.3, 0.4) is 0 Å². The lowest BCUT2D eigenvalue weighted by molar-refractivity contribution is -0.147. The topological polar surface area (TPSA) is 91.3 Å². The summed E-state index contributed by atoms with van der Waals surface area (Å²) in [5.74, 6) is 0.574. The van der Waals surface area contributed by atoms with E-state index < -0.39 is 23.6 Å². The number of fused-ring (bicyclic) bond motifs is 4. The van der Waals surface area contributed by atoms with Crippen molar-refractivity contribution < 1.29 is 33.6 Å². The number of cyclic esters (lactones) is 1. The zero-order valence-electron chi connectivity index (χ0n) is 23.4. The first kappa shape index (κ1) is 27.8. The lowest BCUT2D eigenvalue weighted by atomic mass is 9.80. The number of hydrogen-bond donors (Lipinski definition) is 1. The van der Waals surface area contributed by atoms with E-state index in [2.05, 4.69) is 0 Å². The van der Waals surface area contributed by atoms with Gasteiger partial charge >= 0.3 is 11.9 Å². The number of ether oxygens (including phenoxy) is 4. The number of hydrogen-bond acceptors (Lipinski definition) is 7.